The Morgan fingerprint density at radius 2 is 1.61 bits per heavy atom. The maximum atomic E-state index is 13.6. The largest absolute Gasteiger partial charge is 0.459 e. The van der Waals surface area contributed by atoms with Gasteiger partial charge in [0.15, 0.2) is 5.60 Å². The van der Waals surface area contributed by atoms with Gasteiger partial charge < -0.3 is 18.9 Å². The van der Waals surface area contributed by atoms with Gasteiger partial charge in [0.2, 0.25) is 12.1 Å². The minimum absolute atomic E-state index is 0.0410. The molecule has 170 valence electrons. The van der Waals surface area contributed by atoms with Crippen LogP contribution in [0.3, 0.4) is 0 Å². The highest BCUT2D eigenvalue weighted by molar-refractivity contribution is 5.98. The summed E-state index contributed by atoms with van der Waals surface area (Å²) >= 11 is 0. The van der Waals surface area contributed by atoms with Crippen LogP contribution >= 0.6 is 0 Å². The van der Waals surface area contributed by atoms with Gasteiger partial charge in [-0.1, -0.05) is 48.6 Å². The van der Waals surface area contributed by atoms with E-state index in [0.29, 0.717) is 17.5 Å². The summed E-state index contributed by atoms with van der Waals surface area (Å²) in [5, 5.41) is 0. The molecule has 2 aromatic rings. The van der Waals surface area contributed by atoms with Crippen LogP contribution in [-0.2, 0) is 23.7 Å². The molecule has 2 aliphatic carbocycles. The number of hydrogen-bond acceptors (Lipinski definition) is 7. The average molecular weight is 448 g/mol. The highest BCUT2D eigenvalue weighted by atomic mass is 16.7. The summed E-state index contributed by atoms with van der Waals surface area (Å²) < 4.78 is 22.9. The number of allylic oxidation sites excluding steroid dienone is 1. The monoisotopic (exact) mass is 448 g/mol. The lowest BCUT2D eigenvalue weighted by atomic mass is 9.71. The van der Waals surface area contributed by atoms with Crippen LogP contribution in [0.1, 0.15) is 27.1 Å². The maximum Gasteiger partial charge on any atom is 0.339 e. The quantitative estimate of drug-likeness (QED) is 0.495. The number of ether oxygens (including phenoxy) is 4. The second-order valence-corrected chi connectivity index (χ2v) is 8.54. The van der Waals surface area contributed by atoms with Crippen molar-refractivity contribution in [3.63, 3.8) is 0 Å². The van der Waals surface area contributed by atoms with E-state index in [4.69, 9.17) is 18.9 Å². The predicted octanol–water partition coefficient (Wildman–Crippen LogP) is 3.20. The summed E-state index contributed by atoms with van der Waals surface area (Å²) in [6.45, 7) is -0.0900. The van der Waals surface area contributed by atoms with Gasteiger partial charge in [-0.2, -0.15) is 0 Å². The fraction of sp³-hybridized carbons (Fsp3) is 0.346. The molecule has 0 N–H and O–H groups in total. The molecular formula is C26H24O7. The molecule has 33 heavy (non-hydrogen) atoms. The van der Waals surface area contributed by atoms with Crippen LogP contribution < -0.4 is 0 Å². The zero-order valence-electron chi connectivity index (χ0n) is 18.1. The molecule has 1 saturated carbocycles. The Morgan fingerprint density at radius 3 is 2.24 bits per heavy atom. The second kappa shape index (κ2) is 8.57. The number of hydrogen-bond donors (Lipinski definition) is 0. The van der Waals surface area contributed by atoms with E-state index in [9.17, 15) is 14.4 Å². The number of benzene rings is 2. The van der Waals surface area contributed by atoms with Gasteiger partial charge in [-0.15, -0.1) is 0 Å². The van der Waals surface area contributed by atoms with E-state index in [1.807, 2.05) is 18.2 Å². The molecule has 0 spiro atoms. The smallest absolute Gasteiger partial charge is 0.339 e. The molecule has 2 fully saturated rings. The van der Waals surface area contributed by atoms with Crippen LogP contribution in [0.5, 0.6) is 0 Å². The van der Waals surface area contributed by atoms with Gasteiger partial charge in [0.25, 0.3) is 0 Å². The lowest BCUT2D eigenvalue weighted by Crippen LogP contribution is -2.65. The van der Waals surface area contributed by atoms with Gasteiger partial charge >= 0.3 is 11.9 Å². The molecule has 2 bridgehead atoms. The van der Waals surface area contributed by atoms with Crippen molar-refractivity contribution in [3.8, 4) is 0 Å². The van der Waals surface area contributed by atoms with Gasteiger partial charge in [0, 0.05) is 18.9 Å². The molecule has 1 saturated heterocycles. The first kappa shape index (κ1) is 21.6. The van der Waals surface area contributed by atoms with Gasteiger partial charge in [-0.25, -0.2) is 9.59 Å². The van der Waals surface area contributed by atoms with Gasteiger partial charge in [-0.05, 0) is 36.6 Å². The third-order valence-corrected chi connectivity index (χ3v) is 6.80. The summed E-state index contributed by atoms with van der Waals surface area (Å²) in [6.07, 6.45) is 2.71. The zero-order chi connectivity index (χ0) is 23.0. The van der Waals surface area contributed by atoms with Crippen molar-refractivity contribution in [2.45, 2.75) is 24.4 Å². The third kappa shape index (κ3) is 3.57. The van der Waals surface area contributed by atoms with E-state index in [-0.39, 0.29) is 18.4 Å². The van der Waals surface area contributed by atoms with Crippen LogP contribution in [0.4, 0.5) is 0 Å². The number of Topliss-reactive ketones (excluding diaryl/α,β-unsaturated/α-hetero) is 1. The first-order chi connectivity index (χ1) is 16.0. The van der Waals surface area contributed by atoms with E-state index in [2.05, 4.69) is 0 Å². The number of carbonyl (C=O) groups is 3. The molecule has 0 radical (unpaired) electrons. The minimum atomic E-state index is -1.44. The molecule has 7 nitrogen and oxygen atoms in total. The Hall–Kier alpha value is -3.29. The van der Waals surface area contributed by atoms with Crippen molar-refractivity contribution in [1.82, 2.24) is 0 Å². The Morgan fingerprint density at radius 1 is 0.970 bits per heavy atom. The molecule has 0 amide bonds. The normalized spacial score (nSPS) is 31.8. The Bertz CT molecular complexity index is 1080. The number of fused-ring (bicyclic) bond motifs is 5. The van der Waals surface area contributed by atoms with Gasteiger partial charge in [0.1, 0.15) is 12.7 Å². The van der Waals surface area contributed by atoms with Crippen molar-refractivity contribution in [2.75, 3.05) is 13.7 Å². The van der Waals surface area contributed by atoms with Crippen molar-refractivity contribution >= 4 is 17.7 Å². The van der Waals surface area contributed by atoms with Crippen LogP contribution in [0, 0.1) is 17.8 Å². The van der Waals surface area contributed by atoms with E-state index in [1.54, 1.807) is 54.6 Å². The second-order valence-electron chi connectivity index (χ2n) is 8.54. The summed E-state index contributed by atoms with van der Waals surface area (Å²) in [4.78, 5) is 39.1. The lowest BCUT2D eigenvalue weighted by Gasteiger charge is -2.48. The summed E-state index contributed by atoms with van der Waals surface area (Å²) in [5.41, 5.74) is -0.658. The van der Waals surface area contributed by atoms with Crippen molar-refractivity contribution in [3.05, 3.63) is 83.9 Å². The Labute approximate surface area is 191 Å². The minimum Gasteiger partial charge on any atom is -0.459 e. The van der Waals surface area contributed by atoms with E-state index in [0.717, 1.165) is 0 Å². The number of methoxy groups -OCH3 is 1. The molecular weight excluding hydrogens is 424 g/mol. The van der Waals surface area contributed by atoms with Crippen molar-refractivity contribution in [1.29, 1.82) is 0 Å². The SMILES string of the molecule is CO[C@@H]1O[C@@H](COC(=O)c2ccccc2)[C@@H]2[C@@H]3C=C[C@@H](C3)[C@]2(OC(=O)c2ccccc2)C1=O. The standard InChI is InChI=1S/C26H24O7/c1-30-25-22(27)26(33-24(29)17-10-6-3-7-11-17)19-13-12-18(14-19)21(26)20(32-25)15-31-23(28)16-8-4-2-5-9-16/h2-13,18-21,25H,14-15H2,1H3/t18-,19+,20+,21+,25-,26-/m1/s1. The molecule has 1 aliphatic heterocycles. The van der Waals surface area contributed by atoms with Gasteiger partial charge in [-0.3, -0.25) is 4.79 Å². The van der Waals surface area contributed by atoms with E-state index >= 15 is 0 Å². The third-order valence-electron chi connectivity index (χ3n) is 6.80. The summed E-state index contributed by atoms with van der Waals surface area (Å²) in [7, 11) is 1.37. The lowest BCUT2D eigenvalue weighted by molar-refractivity contribution is -0.243. The fourth-order valence-corrected chi connectivity index (χ4v) is 5.37. The number of rotatable bonds is 6. The van der Waals surface area contributed by atoms with Crippen LogP contribution in [0.2, 0.25) is 0 Å². The Kier molecular flexibility index (Phi) is 5.60. The molecule has 6 atom stereocenters. The molecule has 7 heteroatoms. The number of esters is 2. The fourth-order valence-electron chi connectivity index (χ4n) is 5.37. The average Bonchev–Trinajstić information content (AvgIpc) is 3.46. The molecule has 5 rings (SSSR count). The van der Waals surface area contributed by atoms with Crippen LogP contribution in [-0.4, -0.2) is 49.4 Å². The molecule has 2 aromatic carbocycles. The molecule has 0 unspecified atom stereocenters. The summed E-state index contributed by atoms with van der Waals surface area (Å²) in [5.74, 6) is -2.30. The number of ketones is 1. The van der Waals surface area contributed by atoms with Crippen molar-refractivity contribution < 1.29 is 33.3 Å². The molecule has 0 aromatic heterocycles. The first-order valence-corrected chi connectivity index (χ1v) is 11.0. The number of carbonyl (C=O) groups excluding carboxylic acids is 3. The Balaban J connectivity index is 1.44. The summed E-state index contributed by atoms with van der Waals surface area (Å²) in [6, 6.07) is 17.2. The highest BCUT2D eigenvalue weighted by Crippen LogP contribution is 2.57. The van der Waals surface area contributed by atoms with E-state index < -0.39 is 41.6 Å². The van der Waals surface area contributed by atoms with Crippen molar-refractivity contribution in [2.24, 2.45) is 17.8 Å². The zero-order valence-corrected chi connectivity index (χ0v) is 18.1. The maximum absolute atomic E-state index is 13.6. The highest BCUT2D eigenvalue weighted by Gasteiger charge is 2.69. The van der Waals surface area contributed by atoms with Crippen LogP contribution in [0.25, 0.3) is 0 Å². The molecule has 1 heterocycles. The molecule has 3 aliphatic rings. The van der Waals surface area contributed by atoms with Gasteiger partial charge in [0.05, 0.1) is 11.1 Å². The first-order valence-electron chi connectivity index (χ1n) is 11.0. The van der Waals surface area contributed by atoms with E-state index in [1.165, 1.54) is 7.11 Å². The predicted molar refractivity (Wildman–Crippen MR) is 116 cm³/mol. The van der Waals surface area contributed by atoms with Crippen LogP contribution in [0.15, 0.2) is 72.8 Å². The topological polar surface area (TPSA) is 88.1 Å².